The molecule has 0 amide bonds. The van der Waals surface area contributed by atoms with Crippen LogP contribution in [0.15, 0.2) is 30.3 Å². The molecule has 8 nitrogen and oxygen atoms in total. The standard InChI is InChI=1S/C20H28O8/c21-9-13(7-16(24)6-3-12-1-4-15(23)5-2-12)11-28-17-8-14(10-22)18(25)20(27)19(17)26/h1-6,13-14,17-23,25-27H,7-11H2/b6-3+/t13-,14?,17?,18?,19?,20?/m1/s1. The van der Waals surface area contributed by atoms with Gasteiger partial charge in [0.1, 0.15) is 18.0 Å². The highest BCUT2D eigenvalue weighted by Gasteiger charge is 2.43. The monoisotopic (exact) mass is 396 g/mol. The Kier molecular flexibility index (Phi) is 8.56. The van der Waals surface area contributed by atoms with Crippen LogP contribution >= 0.6 is 0 Å². The van der Waals surface area contributed by atoms with Crippen LogP contribution in [0.3, 0.4) is 0 Å². The molecule has 0 heterocycles. The number of carbonyl (C=O) groups is 1. The summed E-state index contributed by atoms with van der Waals surface area (Å²) in [5, 5.41) is 57.7. The first-order chi connectivity index (χ1) is 13.3. The van der Waals surface area contributed by atoms with Gasteiger partial charge >= 0.3 is 0 Å². The molecule has 1 aliphatic rings. The van der Waals surface area contributed by atoms with E-state index >= 15 is 0 Å². The molecule has 6 N–H and O–H groups in total. The SMILES string of the molecule is O=C(/C=C/c1ccc(O)cc1)C[C@H](CO)COC1CC(CO)C(O)C(O)C1O. The molecule has 1 saturated carbocycles. The third kappa shape index (κ3) is 6.10. The van der Waals surface area contributed by atoms with Gasteiger partial charge in [0.25, 0.3) is 0 Å². The van der Waals surface area contributed by atoms with Crippen LogP contribution in [0.5, 0.6) is 5.75 Å². The average molecular weight is 396 g/mol. The van der Waals surface area contributed by atoms with Gasteiger partial charge in [0.15, 0.2) is 5.78 Å². The van der Waals surface area contributed by atoms with E-state index in [1.165, 1.54) is 18.2 Å². The summed E-state index contributed by atoms with van der Waals surface area (Å²) in [5.74, 6) is -1.21. The van der Waals surface area contributed by atoms with Gasteiger partial charge in [0, 0.05) is 31.5 Å². The van der Waals surface area contributed by atoms with Crippen LogP contribution in [-0.2, 0) is 9.53 Å². The molecule has 6 atom stereocenters. The lowest BCUT2D eigenvalue weighted by molar-refractivity contribution is -0.181. The second kappa shape index (κ2) is 10.7. The lowest BCUT2D eigenvalue weighted by atomic mass is 9.81. The van der Waals surface area contributed by atoms with Crippen molar-refractivity contribution in [2.24, 2.45) is 11.8 Å². The van der Waals surface area contributed by atoms with E-state index in [2.05, 4.69) is 0 Å². The summed E-state index contributed by atoms with van der Waals surface area (Å²) >= 11 is 0. The first-order valence-electron chi connectivity index (χ1n) is 9.23. The molecule has 28 heavy (non-hydrogen) atoms. The Morgan fingerprint density at radius 2 is 1.79 bits per heavy atom. The lowest BCUT2D eigenvalue weighted by Gasteiger charge is -2.40. The molecule has 1 aliphatic carbocycles. The Morgan fingerprint density at radius 3 is 2.39 bits per heavy atom. The van der Waals surface area contributed by atoms with Crippen molar-refractivity contribution in [3.8, 4) is 5.75 Å². The largest absolute Gasteiger partial charge is 0.508 e. The third-order valence-electron chi connectivity index (χ3n) is 4.98. The Bertz CT molecular complexity index is 642. The molecule has 8 heteroatoms. The van der Waals surface area contributed by atoms with Crippen LogP contribution in [0.4, 0.5) is 0 Å². The number of allylic oxidation sites excluding steroid dienone is 1. The fourth-order valence-electron chi connectivity index (χ4n) is 3.19. The summed E-state index contributed by atoms with van der Waals surface area (Å²) in [6.07, 6.45) is -1.63. The molecule has 5 unspecified atom stereocenters. The van der Waals surface area contributed by atoms with Crippen LogP contribution in [0, 0.1) is 11.8 Å². The van der Waals surface area contributed by atoms with Gasteiger partial charge in [0.2, 0.25) is 0 Å². The Balaban J connectivity index is 1.86. The van der Waals surface area contributed by atoms with Crippen molar-refractivity contribution in [2.75, 3.05) is 19.8 Å². The van der Waals surface area contributed by atoms with Crippen LogP contribution in [0.25, 0.3) is 6.08 Å². The van der Waals surface area contributed by atoms with Crippen molar-refractivity contribution < 1.29 is 40.2 Å². The van der Waals surface area contributed by atoms with Crippen LogP contribution in [0.2, 0.25) is 0 Å². The highest BCUT2D eigenvalue weighted by atomic mass is 16.5. The molecule has 0 aromatic heterocycles. The zero-order valence-electron chi connectivity index (χ0n) is 15.5. The molecule has 0 spiro atoms. The molecule has 0 saturated heterocycles. The maximum absolute atomic E-state index is 12.1. The predicted octanol–water partition coefficient (Wildman–Crippen LogP) is -0.547. The van der Waals surface area contributed by atoms with E-state index in [0.717, 1.165) is 5.56 Å². The predicted molar refractivity (Wildman–Crippen MR) is 100 cm³/mol. The number of ketones is 1. The van der Waals surface area contributed by atoms with E-state index < -0.39 is 36.3 Å². The van der Waals surface area contributed by atoms with E-state index in [1.54, 1.807) is 18.2 Å². The van der Waals surface area contributed by atoms with Gasteiger partial charge in [-0.15, -0.1) is 0 Å². The van der Waals surface area contributed by atoms with Gasteiger partial charge in [-0.25, -0.2) is 0 Å². The van der Waals surface area contributed by atoms with Gasteiger partial charge in [-0.1, -0.05) is 18.2 Å². The minimum Gasteiger partial charge on any atom is -0.508 e. The smallest absolute Gasteiger partial charge is 0.156 e. The van der Waals surface area contributed by atoms with E-state index in [-0.39, 0.29) is 44.2 Å². The first kappa shape index (κ1) is 22.5. The molecule has 1 aromatic carbocycles. The topological polar surface area (TPSA) is 148 Å². The van der Waals surface area contributed by atoms with Gasteiger partial charge in [-0.3, -0.25) is 4.79 Å². The minimum absolute atomic E-state index is 0.0159. The second-order valence-electron chi connectivity index (χ2n) is 7.17. The maximum Gasteiger partial charge on any atom is 0.156 e. The number of aromatic hydroxyl groups is 1. The summed E-state index contributed by atoms with van der Waals surface area (Å²) in [5.41, 5.74) is 0.746. The van der Waals surface area contributed by atoms with Crippen molar-refractivity contribution in [3.63, 3.8) is 0 Å². The summed E-state index contributed by atoms with van der Waals surface area (Å²) in [6.45, 7) is -0.664. The van der Waals surface area contributed by atoms with Gasteiger partial charge in [-0.2, -0.15) is 0 Å². The van der Waals surface area contributed by atoms with Crippen molar-refractivity contribution in [2.45, 2.75) is 37.3 Å². The van der Waals surface area contributed by atoms with Crippen molar-refractivity contribution >= 4 is 11.9 Å². The van der Waals surface area contributed by atoms with Crippen LogP contribution in [-0.4, -0.2) is 80.7 Å². The average Bonchev–Trinajstić information content (AvgIpc) is 2.70. The fourth-order valence-corrected chi connectivity index (χ4v) is 3.19. The number of phenolic OH excluding ortho intramolecular Hbond substituents is 1. The zero-order chi connectivity index (χ0) is 20.7. The number of phenols is 1. The number of hydrogen-bond donors (Lipinski definition) is 6. The van der Waals surface area contributed by atoms with E-state index in [9.17, 15) is 35.4 Å². The maximum atomic E-state index is 12.1. The number of benzene rings is 1. The lowest BCUT2D eigenvalue weighted by Crippen LogP contribution is -2.55. The van der Waals surface area contributed by atoms with Crippen LogP contribution in [0.1, 0.15) is 18.4 Å². The van der Waals surface area contributed by atoms with Crippen LogP contribution < -0.4 is 0 Å². The quantitative estimate of drug-likeness (QED) is 0.305. The summed E-state index contributed by atoms with van der Waals surface area (Å²) in [7, 11) is 0. The number of carbonyl (C=O) groups excluding carboxylic acids is 1. The van der Waals surface area contributed by atoms with Crippen molar-refractivity contribution in [1.29, 1.82) is 0 Å². The molecule has 0 aliphatic heterocycles. The first-order valence-corrected chi connectivity index (χ1v) is 9.23. The van der Waals surface area contributed by atoms with Gasteiger partial charge in [-0.05, 0) is 30.2 Å². The summed E-state index contributed by atoms with van der Waals surface area (Å²) < 4.78 is 5.58. The van der Waals surface area contributed by atoms with Crippen molar-refractivity contribution in [3.05, 3.63) is 35.9 Å². The van der Waals surface area contributed by atoms with Crippen molar-refractivity contribution in [1.82, 2.24) is 0 Å². The Morgan fingerprint density at radius 1 is 1.11 bits per heavy atom. The van der Waals surface area contributed by atoms with E-state index in [4.69, 9.17) is 4.74 Å². The highest BCUT2D eigenvalue weighted by Crippen LogP contribution is 2.28. The third-order valence-corrected chi connectivity index (χ3v) is 4.98. The summed E-state index contributed by atoms with van der Waals surface area (Å²) in [6, 6.07) is 6.34. The van der Waals surface area contributed by atoms with E-state index in [1.807, 2.05) is 0 Å². The second-order valence-corrected chi connectivity index (χ2v) is 7.17. The Hall–Kier alpha value is -1.81. The molecule has 0 bridgehead atoms. The molecular formula is C20H28O8. The van der Waals surface area contributed by atoms with Gasteiger partial charge in [0.05, 0.1) is 18.8 Å². The normalized spacial score (nSPS) is 29.1. The molecule has 156 valence electrons. The number of aliphatic hydroxyl groups excluding tert-OH is 5. The van der Waals surface area contributed by atoms with Gasteiger partial charge < -0.3 is 35.4 Å². The fraction of sp³-hybridized carbons (Fsp3) is 0.550. The number of hydrogen-bond acceptors (Lipinski definition) is 8. The van der Waals surface area contributed by atoms with E-state index in [0.29, 0.717) is 0 Å². The number of rotatable bonds is 9. The molecule has 0 radical (unpaired) electrons. The Labute approximate surface area is 163 Å². The molecule has 1 aromatic rings. The zero-order valence-corrected chi connectivity index (χ0v) is 15.5. The minimum atomic E-state index is -1.43. The number of ether oxygens (including phenoxy) is 1. The molecular weight excluding hydrogens is 368 g/mol. The molecule has 2 rings (SSSR count). The highest BCUT2D eigenvalue weighted by molar-refractivity contribution is 5.93. The summed E-state index contributed by atoms with van der Waals surface area (Å²) in [4.78, 5) is 12.1. The number of aliphatic hydroxyl groups is 5. The molecule has 1 fully saturated rings.